The van der Waals surface area contributed by atoms with Gasteiger partial charge < -0.3 is 5.32 Å². The fourth-order valence-corrected chi connectivity index (χ4v) is 9.36. The molecule has 0 spiro atoms. The van der Waals surface area contributed by atoms with Crippen LogP contribution in [0.15, 0.2) is 65.5 Å². The van der Waals surface area contributed by atoms with E-state index in [-0.39, 0.29) is 67.0 Å². The number of sulfonamides is 1. The first-order valence-corrected chi connectivity index (χ1v) is 21.5. The van der Waals surface area contributed by atoms with Crippen molar-refractivity contribution in [2.24, 2.45) is 13.0 Å². The maximum atomic E-state index is 15.5. The van der Waals surface area contributed by atoms with Crippen LogP contribution in [0.5, 0.6) is 0 Å². The molecule has 0 saturated heterocycles. The van der Waals surface area contributed by atoms with Crippen molar-refractivity contribution in [2.75, 3.05) is 11.0 Å². The number of aryl methyl sites for hydroxylation is 1. The Hall–Kier alpha value is -6.86. The lowest BCUT2D eigenvalue weighted by Crippen LogP contribution is -2.38. The van der Waals surface area contributed by atoms with Gasteiger partial charge in [-0.05, 0) is 72.0 Å². The number of carbonyl (C=O) groups excluding carboxylic acids is 1. The summed E-state index contributed by atoms with van der Waals surface area (Å²) < 4.78 is 148. The molecule has 0 aliphatic heterocycles. The summed E-state index contributed by atoms with van der Waals surface area (Å²) in [6.45, 7) is -1.07. The Bertz CT molecular complexity index is 3400. The largest absolute Gasteiger partial charge is 0.344 e. The fraction of sp³-hybridized carbons (Fsp3) is 0.238. The number of anilines is 1. The van der Waals surface area contributed by atoms with E-state index >= 15 is 18.0 Å². The highest BCUT2D eigenvalue weighted by molar-refractivity contribution is 7.92. The molecule has 0 unspecified atom stereocenters. The standard InChI is InChI=1S/C42H28ClF8N9O4S/c1-58-36-30(8-6-26(43)33(36)39(56-58)57-65(2,63)64)60-40(54-28-12-18(3-4-22(28)41(60)62)21-5-7-27(46)24(15-52)34(21)47)29(11-17-9-19(44)13-20(45)10-17)53-31(61)16-59-37-32(35(55-59)38(48)49)23-14-25(23)42(37,50)51/h3-10,12-13,23,25,29,38H,11,14,16H2,1-2H3,(H,53,61)(H,56,57)/t23-,25+,29-/m0/s1. The number of nitriles is 1. The van der Waals surface area contributed by atoms with E-state index in [0.717, 1.165) is 35.1 Å². The second kappa shape index (κ2) is 15.4. The van der Waals surface area contributed by atoms with Crippen molar-refractivity contribution in [1.82, 2.24) is 34.4 Å². The van der Waals surface area contributed by atoms with Crippen LogP contribution < -0.4 is 15.6 Å². The predicted octanol–water partition coefficient (Wildman–Crippen LogP) is 7.84. The number of nitrogens with zero attached hydrogens (tertiary/aromatic N) is 7. The third-order valence-electron chi connectivity index (χ3n) is 11.3. The average Bonchev–Trinajstić information content (AvgIpc) is 3.76. The monoisotopic (exact) mass is 941 g/mol. The van der Waals surface area contributed by atoms with Gasteiger partial charge in [0.25, 0.3) is 17.9 Å². The molecule has 3 atom stereocenters. The number of alkyl halides is 4. The number of benzene rings is 4. The van der Waals surface area contributed by atoms with Crippen LogP contribution in [0.2, 0.25) is 5.02 Å². The number of aromatic nitrogens is 6. The Labute approximate surface area is 365 Å². The minimum atomic E-state index is -3.98. The molecule has 2 aliphatic rings. The minimum absolute atomic E-state index is 0.00625. The van der Waals surface area contributed by atoms with Crippen molar-refractivity contribution in [1.29, 1.82) is 5.26 Å². The molecular weight excluding hydrogens is 914 g/mol. The van der Waals surface area contributed by atoms with E-state index in [1.165, 1.54) is 48.1 Å². The number of halogens is 9. The summed E-state index contributed by atoms with van der Waals surface area (Å²) in [5, 5.41) is 19.7. The van der Waals surface area contributed by atoms with Crippen LogP contribution in [0.1, 0.15) is 58.7 Å². The molecule has 0 bridgehead atoms. The van der Waals surface area contributed by atoms with E-state index in [0.29, 0.717) is 10.7 Å². The van der Waals surface area contributed by atoms with Crippen LogP contribution in [0.25, 0.3) is 38.6 Å². The third kappa shape index (κ3) is 7.41. The fourth-order valence-electron chi connectivity index (χ4n) is 8.63. The molecular formula is C42H28ClF8N9O4S. The van der Waals surface area contributed by atoms with Crippen LogP contribution in [0.3, 0.4) is 0 Å². The second-order valence-electron chi connectivity index (χ2n) is 15.7. The Morgan fingerprint density at radius 3 is 2.43 bits per heavy atom. The summed E-state index contributed by atoms with van der Waals surface area (Å²) in [5.74, 6) is -12.1. The highest BCUT2D eigenvalue weighted by Gasteiger charge is 2.67. The van der Waals surface area contributed by atoms with Crippen molar-refractivity contribution in [3.05, 3.63) is 133 Å². The topological polar surface area (TPSA) is 170 Å². The lowest BCUT2D eigenvalue weighted by molar-refractivity contribution is -0.123. The van der Waals surface area contributed by atoms with E-state index in [9.17, 15) is 40.4 Å². The summed E-state index contributed by atoms with van der Waals surface area (Å²) in [6, 6.07) is 10.4. The van der Waals surface area contributed by atoms with Gasteiger partial charge in [-0.1, -0.05) is 17.7 Å². The van der Waals surface area contributed by atoms with Gasteiger partial charge in [0.2, 0.25) is 15.9 Å². The predicted molar refractivity (Wildman–Crippen MR) is 218 cm³/mol. The van der Waals surface area contributed by atoms with Gasteiger partial charge in [-0.15, -0.1) is 0 Å². The van der Waals surface area contributed by atoms with Crippen molar-refractivity contribution in [3.8, 4) is 22.9 Å². The molecule has 7 aromatic rings. The van der Waals surface area contributed by atoms with Gasteiger partial charge in [0.15, 0.2) is 11.6 Å². The number of fused-ring (bicyclic) bond motifs is 5. The normalized spacial score (nSPS) is 16.7. The third-order valence-corrected chi connectivity index (χ3v) is 12.2. The molecule has 2 aliphatic carbocycles. The van der Waals surface area contributed by atoms with Crippen molar-refractivity contribution >= 4 is 55.2 Å². The number of hydrogen-bond donors (Lipinski definition) is 2. The highest BCUT2D eigenvalue weighted by Crippen LogP contribution is 2.68. The van der Waals surface area contributed by atoms with Crippen molar-refractivity contribution in [3.63, 3.8) is 0 Å². The van der Waals surface area contributed by atoms with Crippen LogP contribution in [0, 0.1) is 40.5 Å². The van der Waals surface area contributed by atoms with Gasteiger partial charge in [0.05, 0.1) is 44.8 Å². The molecule has 13 nitrogen and oxygen atoms in total. The van der Waals surface area contributed by atoms with Crippen molar-refractivity contribution < 1.29 is 48.3 Å². The zero-order valence-electron chi connectivity index (χ0n) is 33.3. The maximum absolute atomic E-state index is 15.5. The SMILES string of the molecule is Cn1nc(NS(C)(=O)=O)c2c(Cl)ccc(-n3c([C@H](Cc4cc(F)cc(F)c4)NC(=O)Cn4nc(C(F)F)c5c4C(F)(F)[C@@H]4C[C@H]54)nc4cc(-c5ccc(F)c(C#N)c5F)ccc4c3=O)c21. The number of nitrogens with one attached hydrogen (secondary N) is 2. The first kappa shape index (κ1) is 43.4. The number of rotatable bonds is 11. The first-order valence-electron chi connectivity index (χ1n) is 19.3. The summed E-state index contributed by atoms with van der Waals surface area (Å²) in [5.41, 5.74) is -4.62. The Kier molecular flexibility index (Phi) is 10.3. The smallest absolute Gasteiger partial charge is 0.293 e. The van der Waals surface area contributed by atoms with E-state index in [1.54, 1.807) is 0 Å². The van der Waals surface area contributed by atoms with Gasteiger partial charge in [-0.2, -0.15) is 24.2 Å². The van der Waals surface area contributed by atoms with Crippen molar-refractivity contribution in [2.45, 2.75) is 43.7 Å². The molecule has 1 amide bonds. The number of carbonyl (C=O) groups is 1. The molecule has 65 heavy (non-hydrogen) atoms. The summed E-state index contributed by atoms with van der Waals surface area (Å²) in [6.07, 6.45) is -3.04. The molecule has 334 valence electrons. The molecule has 0 radical (unpaired) electrons. The zero-order chi connectivity index (χ0) is 46.6. The Morgan fingerprint density at radius 1 is 1.03 bits per heavy atom. The molecule has 4 aromatic carbocycles. The molecule has 1 saturated carbocycles. The highest BCUT2D eigenvalue weighted by atomic mass is 35.5. The molecule has 1 fully saturated rings. The van der Waals surface area contributed by atoms with E-state index in [1.807, 2.05) is 0 Å². The molecule has 9 rings (SSSR count). The van der Waals surface area contributed by atoms with Gasteiger partial charge >= 0.3 is 0 Å². The Balaban J connectivity index is 1.27. The molecule has 3 aromatic heterocycles. The first-order chi connectivity index (χ1) is 30.7. The van der Waals surface area contributed by atoms with Crippen LogP contribution >= 0.6 is 11.6 Å². The van der Waals surface area contributed by atoms with Crippen LogP contribution in [0.4, 0.5) is 40.9 Å². The summed E-state index contributed by atoms with van der Waals surface area (Å²) in [7, 11) is -2.59. The number of hydrogen-bond acceptors (Lipinski definition) is 8. The van der Waals surface area contributed by atoms with Gasteiger partial charge in [0.1, 0.15) is 52.8 Å². The lowest BCUT2D eigenvalue weighted by atomic mass is 10.00. The maximum Gasteiger partial charge on any atom is 0.293 e. The zero-order valence-corrected chi connectivity index (χ0v) is 34.9. The van der Waals surface area contributed by atoms with Crippen LogP contribution in [-0.4, -0.2) is 49.7 Å². The second-order valence-corrected chi connectivity index (χ2v) is 17.8. The molecule has 2 N–H and O–H groups in total. The summed E-state index contributed by atoms with van der Waals surface area (Å²) >= 11 is 6.59. The number of amides is 1. The average molecular weight is 942 g/mol. The van der Waals surface area contributed by atoms with Crippen LogP contribution in [-0.2, 0) is 40.8 Å². The van der Waals surface area contributed by atoms with Gasteiger partial charge in [-0.25, -0.2) is 39.7 Å². The Morgan fingerprint density at radius 2 is 1.75 bits per heavy atom. The van der Waals surface area contributed by atoms with E-state index in [2.05, 4.69) is 20.2 Å². The quantitative estimate of drug-likeness (QED) is 0.124. The lowest BCUT2D eigenvalue weighted by Gasteiger charge is -2.24. The van der Waals surface area contributed by atoms with Gasteiger partial charge in [-0.3, -0.25) is 28.2 Å². The molecule has 23 heteroatoms. The summed E-state index contributed by atoms with van der Waals surface area (Å²) in [4.78, 5) is 33.9. The van der Waals surface area contributed by atoms with E-state index in [4.69, 9.17) is 16.6 Å². The van der Waals surface area contributed by atoms with Gasteiger partial charge in [0, 0.05) is 36.6 Å². The van der Waals surface area contributed by atoms with E-state index < -0.39 is 111 Å². The molecule has 3 heterocycles. The minimum Gasteiger partial charge on any atom is -0.344 e.